The van der Waals surface area contributed by atoms with Crippen LogP contribution in [0.15, 0.2) is 23.9 Å². The van der Waals surface area contributed by atoms with Gasteiger partial charge >= 0.3 is 0 Å². The van der Waals surface area contributed by atoms with Crippen LogP contribution in [0.2, 0.25) is 5.02 Å². The Morgan fingerprint density at radius 1 is 1.06 bits per heavy atom. The Hall–Kier alpha value is -0.950. The van der Waals surface area contributed by atoms with E-state index in [1.54, 1.807) is 0 Å². The second-order valence-electron chi connectivity index (χ2n) is 4.67. The average molecular weight is 234 g/mol. The minimum absolute atomic E-state index is 0.858. The van der Waals surface area contributed by atoms with Crippen molar-refractivity contribution in [1.82, 2.24) is 4.90 Å². The number of likely N-dealkylation sites (tertiary alicyclic amines) is 1. The van der Waals surface area contributed by atoms with E-state index >= 15 is 0 Å². The SMILES string of the molecule is Clc1ccc2c(c1)CCC(N1CCCC1)=C2. The van der Waals surface area contributed by atoms with Gasteiger partial charge in [0.25, 0.3) is 0 Å². The van der Waals surface area contributed by atoms with Crippen molar-refractivity contribution in [2.24, 2.45) is 0 Å². The molecule has 0 aromatic heterocycles. The quantitative estimate of drug-likeness (QED) is 0.715. The Labute approximate surface area is 102 Å². The predicted molar refractivity (Wildman–Crippen MR) is 68.6 cm³/mol. The smallest absolute Gasteiger partial charge is 0.0409 e. The molecule has 3 rings (SSSR count). The number of aryl methyl sites for hydroxylation is 1. The number of allylic oxidation sites excluding steroid dienone is 1. The minimum atomic E-state index is 0.858. The van der Waals surface area contributed by atoms with Crippen LogP contribution in [-0.4, -0.2) is 18.0 Å². The van der Waals surface area contributed by atoms with Gasteiger partial charge in [0.1, 0.15) is 0 Å². The summed E-state index contributed by atoms with van der Waals surface area (Å²) in [6.07, 6.45) is 7.36. The van der Waals surface area contributed by atoms with E-state index in [2.05, 4.69) is 23.1 Å². The van der Waals surface area contributed by atoms with Crippen LogP contribution in [0.4, 0.5) is 0 Å². The lowest BCUT2D eigenvalue weighted by atomic mass is 9.95. The first-order chi connectivity index (χ1) is 7.83. The van der Waals surface area contributed by atoms with Crippen molar-refractivity contribution in [2.75, 3.05) is 13.1 Å². The molecule has 0 bridgehead atoms. The van der Waals surface area contributed by atoms with Gasteiger partial charge in [0.05, 0.1) is 0 Å². The van der Waals surface area contributed by atoms with E-state index in [0.29, 0.717) is 0 Å². The maximum absolute atomic E-state index is 6.01. The summed E-state index contributed by atoms with van der Waals surface area (Å²) in [6, 6.07) is 6.24. The fourth-order valence-electron chi connectivity index (χ4n) is 2.70. The van der Waals surface area contributed by atoms with Crippen LogP contribution in [0, 0.1) is 0 Å². The first-order valence-electron chi connectivity index (χ1n) is 6.07. The summed E-state index contributed by atoms with van der Waals surface area (Å²) in [6.45, 7) is 2.49. The van der Waals surface area contributed by atoms with Gasteiger partial charge in [0.15, 0.2) is 0 Å². The second kappa shape index (κ2) is 4.14. The van der Waals surface area contributed by atoms with Gasteiger partial charge in [-0.3, -0.25) is 0 Å². The molecule has 1 aromatic rings. The molecular formula is C14H16ClN. The third kappa shape index (κ3) is 1.84. The molecule has 0 saturated carbocycles. The Balaban J connectivity index is 1.91. The third-order valence-electron chi connectivity index (χ3n) is 3.59. The van der Waals surface area contributed by atoms with Gasteiger partial charge in [-0.2, -0.15) is 0 Å². The number of hydrogen-bond donors (Lipinski definition) is 0. The molecule has 0 radical (unpaired) electrons. The molecule has 2 aliphatic rings. The Morgan fingerprint density at radius 3 is 2.69 bits per heavy atom. The van der Waals surface area contributed by atoms with Crippen LogP contribution in [-0.2, 0) is 6.42 Å². The highest BCUT2D eigenvalue weighted by Crippen LogP contribution is 2.29. The van der Waals surface area contributed by atoms with E-state index in [9.17, 15) is 0 Å². The Morgan fingerprint density at radius 2 is 1.88 bits per heavy atom. The Bertz CT molecular complexity index is 430. The maximum Gasteiger partial charge on any atom is 0.0409 e. The topological polar surface area (TPSA) is 3.24 Å². The molecule has 1 heterocycles. The average Bonchev–Trinajstić information content (AvgIpc) is 2.82. The number of nitrogens with zero attached hydrogens (tertiary/aromatic N) is 1. The predicted octanol–water partition coefficient (Wildman–Crippen LogP) is 3.72. The lowest BCUT2D eigenvalue weighted by Crippen LogP contribution is -2.20. The standard InChI is InChI=1S/C14H16ClN/c15-13-5-3-12-10-14(6-4-11(12)9-13)16-7-1-2-8-16/h3,5,9-10H,1-2,4,6-8H2. The van der Waals surface area contributed by atoms with E-state index < -0.39 is 0 Å². The summed E-state index contributed by atoms with van der Waals surface area (Å²) in [5.41, 5.74) is 4.28. The van der Waals surface area contributed by atoms with E-state index in [0.717, 1.165) is 11.4 Å². The van der Waals surface area contributed by atoms with Crippen molar-refractivity contribution in [3.05, 3.63) is 40.0 Å². The zero-order valence-corrected chi connectivity index (χ0v) is 10.1. The molecular weight excluding hydrogens is 218 g/mol. The molecule has 0 N–H and O–H groups in total. The van der Waals surface area contributed by atoms with Gasteiger partial charge < -0.3 is 4.90 Å². The van der Waals surface area contributed by atoms with E-state index in [-0.39, 0.29) is 0 Å². The lowest BCUT2D eigenvalue weighted by Gasteiger charge is -2.25. The van der Waals surface area contributed by atoms with Crippen molar-refractivity contribution in [3.8, 4) is 0 Å². The first-order valence-corrected chi connectivity index (χ1v) is 6.45. The van der Waals surface area contributed by atoms with Gasteiger partial charge in [-0.25, -0.2) is 0 Å². The van der Waals surface area contributed by atoms with Crippen LogP contribution in [0.5, 0.6) is 0 Å². The van der Waals surface area contributed by atoms with Crippen molar-refractivity contribution >= 4 is 17.7 Å². The monoisotopic (exact) mass is 233 g/mol. The molecule has 0 unspecified atom stereocenters. The molecule has 1 aliphatic heterocycles. The summed E-state index contributed by atoms with van der Waals surface area (Å²) < 4.78 is 0. The van der Waals surface area contributed by atoms with Crippen molar-refractivity contribution in [3.63, 3.8) is 0 Å². The number of halogens is 1. The molecule has 1 saturated heterocycles. The molecule has 84 valence electrons. The van der Waals surface area contributed by atoms with Gasteiger partial charge in [-0.1, -0.05) is 17.7 Å². The Kier molecular flexibility index (Phi) is 2.64. The molecule has 0 spiro atoms. The van der Waals surface area contributed by atoms with Crippen LogP contribution < -0.4 is 0 Å². The number of hydrogen-bond acceptors (Lipinski definition) is 1. The van der Waals surface area contributed by atoms with Crippen LogP contribution >= 0.6 is 11.6 Å². The fourth-order valence-corrected chi connectivity index (χ4v) is 2.89. The van der Waals surface area contributed by atoms with Crippen molar-refractivity contribution in [1.29, 1.82) is 0 Å². The zero-order valence-electron chi connectivity index (χ0n) is 9.38. The normalized spacial score (nSPS) is 19.6. The molecule has 1 aromatic carbocycles. The summed E-state index contributed by atoms with van der Waals surface area (Å²) >= 11 is 6.01. The molecule has 2 heteroatoms. The highest BCUT2D eigenvalue weighted by molar-refractivity contribution is 6.30. The minimum Gasteiger partial charge on any atom is -0.375 e. The third-order valence-corrected chi connectivity index (χ3v) is 3.82. The summed E-state index contributed by atoms with van der Waals surface area (Å²) in [7, 11) is 0. The van der Waals surface area contributed by atoms with Crippen LogP contribution in [0.25, 0.3) is 6.08 Å². The summed E-state index contributed by atoms with van der Waals surface area (Å²) in [5.74, 6) is 0. The number of fused-ring (bicyclic) bond motifs is 1. The molecule has 16 heavy (non-hydrogen) atoms. The van der Waals surface area contributed by atoms with Gasteiger partial charge in [-0.05, 0) is 55.0 Å². The molecule has 1 aliphatic carbocycles. The summed E-state index contributed by atoms with van der Waals surface area (Å²) in [5, 5.41) is 0.858. The van der Waals surface area contributed by atoms with Crippen LogP contribution in [0.3, 0.4) is 0 Å². The number of rotatable bonds is 1. The van der Waals surface area contributed by atoms with E-state index in [1.165, 1.54) is 49.2 Å². The number of benzene rings is 1. The van der Waals surface area contributed by atoms with Gasteiger partial charge in [0, 0.05) is 23.8 Å². The molecule has 1 fully saturated rings. The van der Waals surface area contributed by atoms with Gasteiger partial charge in [0.2, 0.25) is 0 Å². The maximum atomic E-state index is 6.01. The van der Waals surface area contributed by atoms with Gasteiger partial charge in [-0.15, -0.1) is 0 Å². The van der Waals surface area contributed by atoms with Crippen LogP contribution in [0.1, 0.15) is 30.4 Å². The van der Waals surface area contributed by atoms with Crippen molar-refractivity contribution in [2.45, 2.75) is 25.7 Å². The van der Waals surface area contributed by atoms with E-state index in [1.807, 2.05) is 6.07 Å². The largest absolute Gasteiger partial charge is 0.375 e. The zero-order chi connectivity index (χ0) is 11.0. The van der Waals surface area contributed by atoms with E-state index in [4.69, 9.17) is 11.6 Å². The summed E-state index contributed by atoms with van der Waals surface area (Å²) in [4.78, 5) is 2.54. The fraction of sp³-hybridized carbons (Fsp3) is 0.429. The highest BCUT2D eigenvalue weighted by Gasteiger charge is 2.18. The first kappa shape index (κ1) is 10.2. The molecule has 0 atom stereocenters. The lowest BCUT2D eigenvalue weighted by molar-refractivity contribution is 0.411. The highest BCUT2D eigenvalue weighted by atomic mass is 35.5. The molecule has 1 nitrogen and oxygen atoms in total. The second-order valence-corrected chi connectivity index (χ2v) is 5.11. The molecule has 0 amide bonds. The van der Waals surface area contributed by atoms with Crippen molar-refractivity contribution < 1.29 is 0 Å².